The molecule has 0 aliphatic rings. The first kappa shape index (κ1) is 16.0. The number of methoxy groups -OCH3 is 1. The van der Waals surface area contributed by atoms with Crippen LogP contribution in [-0.2, 0) is 0 Å². The number of nitrogens with one attached hydrogen (secondary N) is 1. The molecule has 0 aliphatic carbocycles. The Hall–Kier alpha value is -0.990. The van der Waals surface area contributed by atoms with Gasteiger partial charge in [0.2, 0.25) is 0 Å². The van der Waals surface area contributed by atoms with Crippen LogP contribution < -0.4 is 10.1 Å². The summed E-state index contributed by atoms with van der Waals surface area (Å²) in [6.45, 7) is 6.40. The highest BCUT2D eigenvalue weighted by Crippen LogP contribution is 2.11. The quantitative estimate of drug-likeness (QED) is 0.787. The van der Waals surface area contributed by atoms with Crippen molar-refractivity contribution in [3.05, 3.63) is 35.9 Å². The summed E-state index contributed by atoms with van der Waals surface area (Å²) >= 11 is 0. The van der Waals surface area contributed by atoms with E-state index in [0.717, 1.165) is 18.8 Å². The average Bonchev–Trinajstić information content (AvgIpc) is 2.29. The third-order valence-electron chi connectivity index (χ3n) is 2.24. The van der Waals surface area contributed by atoms with Crippen molar-refractivity contribution in [1.82, 2.24) is 5.32 Å². The van der Waals surface area contributed by atoms with Gasteiger partial charge >= 0.3 is 0 Å². The summed E-state index contributed by atoms with van der Waals surface area (Å²) in [5.74, 6) is 1.60. The summed E-state index contributed by atoms with van der Waals surface area (Å²) in [4.78, 5) is 0. The Morgan fingerprint density at radius 3 is 2.41 bits per heavy atom. The fourth-order valence-electron chi connectivity index (χ4n) is 1.37. The smallest absolute Gasteiger partial charge is 0.118 e. The van der Waals surface area contributed by atoms with Crippen molar-refractivity contribution in [2.24, 2.45) is 5.92 Å². The van der Waals surface area contributed by atoms with E-state index in [0.29, 0.717) is 5.92 Å². The van der Waals surface area contributed by atoms with Gasteiger partial charge in [0.15, 0.2) is 0 Å². The minimum atomic E-state index is 0. The Bertz CT molecular complexity index is 319. The van der Waals surface area contributed by atoms with E-state index in [2.05, 4.69) is 43.4 Å². The highest BCUT2D eigenvalue weighted by Gasteiger charge is 1.91. The standard InChI is InChI=1S/C14H21NO.ClH/c1-12(2)11-15-10-4-5-13-6-8-14(16-3)9-7-13;/h4-9,12,15H,10-11H2,1-3H3;1H/b5-4+;. The summed E-state index contributed by atoms with van der Waals surface area (Å²) in [5, 5.41) is 3.37. The maximum absolute atomic E-state index is 5.10. The van der Waals surface area contributed by atoms with Crippen LogP contribution in [0.2, 0.25) is 0 Å². The molecule has 17 heavy (non-hydrogen) atoms. The molecule has 1 N–H and O–H groups in total. The third-order valence-corrected chi connectivity index (χ3v) is 2.24. The summed E-state index contributed by atoms with van der Waals surface area (Å²) in [6, 6.07) is 8.05. The lowest BCUT2D eigenvalue weighted by Crippen LogP contribution is -2.19. The second-order valence-electron chi connectivity index (χ2n) is 4.23. The monoisotopic (exact) mass is 255 g/mol. The lowest BCUT2D eigenvalue weighted by Gasteiger charge is -2.03. The first-order valence-electron chi connectivity index (χ1n) is 5.73. The number of rotatable bonds is 6. The molecule has 0 amide bonds. The van der Waals surface area contributed by atoms with E-state index < -0.39 is 0 Å². The molecule has 0 aromatic heterocycles. The maximum Gasteiger partial charge on any atom is 0.118 e. The van der Waals surface area contributed by atoms with Gasteiger partial charge in [-0.25, -0.2) is 0 Å². The third kappa shape index (κ3) is 7.03. The molecule has 1 aromatic rings. The number of hydrogen-bond acceptors (Lipinski definition) is 2. The minimum absolute atomic E-state index is 0. The van der Waals surface area contributed by atoms with Crippen LogP contribution in [0, 0.1) is 5.92 Å². The molecule has 1 rings (SSSR count). The fourth-order valence-corrected chi connectivity index (χ4v) is 1.37. The molecule has 96 valence electrons. The minimum Gasteiger partial charge on any atom is -0.497 e. The first-order valence-corrected chi connectivity index (χ1v) is 5.73. The van der Waals surface area contributed by atoms with Gasteiger partial charge in [-0.3, -0.25) is 0 Å². The van der Waals surface area contributed by atoms with E-state index >= 15 is 0 Å². The molecular weight excluding hydrogens is 234 g/mol. The van der Waals surface area contributed by atoms with Crippen molar-refractivity contribution < 1.29 is 4.74 Å². The van der Waals surface area contributed by atoms with Crippen molar-refractivity contribution in [2.75, 3.05) is 20.2 Å². The van der Waals surface area contributed by atoms with Crippen molar-refractivity contribution >= 4 is 18.5 Å². The van der Waals surface area contributed by atoms with Crippen LogP contribution in [0.5, 0.6) is 5.75 Å². The van der Waals surface area contributed by atoms with E-state index in [-0.39, 0.29) is 12.4 Å². The highest BCUT2D eigenvalue weighted by molar-refractivity contribution is 5.85. The van der Waals surface area contributed by atoms with Crippen molar-refractivity contribution in [3.63, 3.8) is 0 Å². The molecule has 0 heterocycles. The van der Waals surface area contributed by atoms with E-state index in [9.17, 15) is 0 Å². The van der Waals surface area contributed by atoms with E-state index in [1.165, 1.54) is 5.56 Å². The molecule has 1 aromatic carbocycles. The average molecular weight is 256 g/mol. The Balaban J connectivity index is 0.00000256. The molecule has 0 saturated carbocycles. The predicted octanol–water partition coefficient (Wildman–Crippen LogP) is 3.38. The van der Waals surface area contributed by atoms with Crippen LogP contribution in [-0.4, -0.2) is 20.2 Å². The van der Waals surface area contributed by atoms with Crippen LogP contribution >= 0.6 is 12.4 Å². The highest BCUT2D eigenvalue weighted by atomic mass is 35.5. The molecule has 2 nitrogen and oxygen atoms in total. The molecule has 0 atom stereocenters. The van der Waals surface area contributed by atoms with E-state index in [1.54, 1.807) is 7.11 Å². The van der Waals surface area contributed by atoms with Crippen LogP contribution in [0.15, 0.2) is 30.3 Å². The number of benzene rings is 1. The van der Waals surface area contributed by atoms with Gasteiger partial charge in [-0.05, 0) is 30.2 Å². The second-order valence-corrected chi connectivity index (χ2v) is 4.23. The molecular formula is C14H22ClNO. The Kier molecular flexibility index (Phi) is 8.55. The fraction of sp³-hybridized carbons (Fsp3) is 0.429. The zero-order chi connectivity index (χ0) is 11.8. The van der Waals surface area contributed by atoms with Gasteiger partial charge in [-0.1, -0.05) is 38.1 Å². The normalized spacial score (nSPS) is 10.6. The van der Waals surface area contributed by atoms with Gasteiger partial charge in [0, 0.05) is 6.54 Å². The topological polar surface area (TPSA) is 21.3 Å². The van der Waals surface area contributed by atoms with Gasteiger partial charge < -0.3 is 10.1 Å². The van der Waals surface area contributed by atoms with Crippen LogP contribution in [0.4, 0.5) is 0 Å². The lowest BCUT2D eigenvalue weighted by molar-refractivity contribution is 0.415. The molecule has 0 fully saturated rings. The number of hydrogen-bond donors (Lipinski definition) is 1. The summed E-state index contributed by atoms with van der Waals surface area (Å²) in [5.41, 5.74) is 1.20. The molecule has 0 saturated heterocycles. The van der Waals surface area contributed by atoms with Crippen molar-refractivity contribution in [1.29, 1.82) is 0 Å². The molecule has 0 aliphatic heterocycles. The van der Waals surface area contributed by atoms with E-state index in [4.69, 9.17) is 4.74 Å². The maximum atomic E-state index is 5.10. The number of ether oxygens (including phenoxy) is 1. The largest absolute Gasteiger partial charge is 0.497 e. The molecule has 3 heteroatoms. The van der Waals surface area contributed by atoms with Crippen LogP contribution in [0.1, 0.15) is 19.4 Å². The van der Waals surface area contributed by atoms with Crippen LogP contribution in [0.25, 0.3) is 6.08 Å². The first-order chi connectivity index (χ1) is 7.72. The molecule has 0 radical (unpaired) electrons. The summed E-state index contributed by atoms with van der Waals surface area (Å²) in [7, 11) is 1.68. The van der Waals surface area contributed by atoms with Crippen molar-refractivity contribution in [3.8, 4) is 5.75 Å². The summed E-state index contributed by atoms with van der Waals surface area (Å²) < 4.78 is 5.10. The Morgan fingerprint density at radius 2 is 1.88 bits per heavy atom. The molecule has 0 bridgehead atoms. The van der Waals surface area contributed by atoms with Crippen LogP contribution in [0.3, 0.4) is 0 Å². The Labute approximate surface area is 110 Å². The van der Waals surface area contributed by atoms with Gasteiger partial charge in [-0.15, -0.1) is 12.4 Å². The zero-order valence-electron chi connectivity index (χ0n) is 10.8. The number of halogens is 1. The van der Waals surface area contributed by atoms with E-state index in [1.807, 2.05) is 12.1 Å². The SMILES string of the molecule is COc1ccc(/C=C/CNCC(C)C)cc1.Cl. The Morgan fingerprint density at radius 1 is 1.24 bits per heavy atom. The predicted molar refractivity (Wildman–Crippen MR) is 77.0 cm³/mol. The lowest BCUT2D eigenvalue weighted by atomic mass is 10.2. The summed E-state index contributed by atoms with van der Waals surface area (Å²) in [6.07, 6.45) is 4.26. The van der Waals surface area contributed by atoms with Gasteiger partial charge in [0.05, 0.1) is 7.11 Å². The molecule has 0 spiro atoms. The van der Waals surface area contributed by atoms with Crippen molar-refractivity contribution in [2.45, 2.75) is 13.8 Å². The van der Waals surface area contributed by atoms with Gasteiger partial charge in [0.1, 0.15) is 5.75 Å². The second kappa shape index (κ2) is 9.08. The zero-order valence-corrected chi connectivity index (χ0v) is 11.6. The van der Waals surface area contributed by atoms with Gasteiger partial charge in [-0.2, -0.15) is 0 Å². The molecule has 0 unspecified atom stereocenters. The van der Waals surface area contributed by atoms with Gasteiger partial charge in [0.25, 0.3) is 0 Å².